The van der Waals surface area contributed by atoms with E-state index in [2.05, 4.69) is 5.32 Å². The number of hydrogen-bond acceptors (Lipinski definition) is 4. The first-order valence-corrected chi connectivity index (χ1v) is 6.93. The molecule has 102 valence electrons. The number of hydrogen-bond donors (Lipinski definition) is 3. The first kappa shape index (κ1) is 13.7. The number of carboxylic acid groups (broad SMARTS) is 1. The maximum atomic E-state index is 12.2. The fraction of sp³-hybridized carbons (Fsp3) is 0.385. The number of carbonyl (C=O) groups excluding carboxylic acids is 1. The van der Waals surface area contributed by atoms with E-state index in [1.165, 1.54) is 12.1 Å². The van der Waals surface area contributed by atoms with E-state index in [-0.39, 0.29) is 22.9 Å². The molecule has 0 spiro atoms. The van der Waals surface area contributed by atoms with Gasteiger partial charge in [0.2, 0.25) is 5.91 Å². The van der Waals surface area contributed by atoms with E-state index in [1.54, 1.807) is 11.8 Å². The van der Waals surface area contributed by atoms with Gasteiger partial charge < -0.3 is 15.5 Å². The predicted octanol–water partition coefficient (Wildman–Crippen LogP) is 2.31. The highest BCUT2D eigenvalue weighted by Crippen LogP contribution is 2.38. The maximum absolute atomic E-state index is 12.2. The lowest BCUT2D eigenvalue weighted by Gasteiger charge is -2.22. The summed E-state index contributed by atoms with van der Waals surface area (Å²) >= 11 is 1.58. The summed E-state index contributed by atoms with van der Waals surface area (Å²) < 4.78 is -0.506. The van der Waals surface area contributed by atoms with E-state index in [0.29, 0.717) is 0 Å². The Balaban J connectivity index is 2.23. The first-order chi connectivity index (χ1) is 8.92. The summed E-state index contributed by atoms with van der Waals surface area (Å²) in [5.74, 6) is -0.582. The first-order valence-electron chi connectivity index (χ1n) is 5.94. The van der Waals surface area contributed by atoms with Gasteiger partial charge in [0, 0.05) is 0 Å². The third-order valence-corrected chi connectivity index (χ3v) is 4.70. The molecule has 5 nitrogen and oxygen atoms in total. The third-order valence-electron chi connectivity index (χ3n) is 3.18. The average molecular weight is 281 g/mol. The number of carbonyl (C=O) groups is 2. The molecule has 6 heteroatoms. The molecule has 0 bridgehead atoms. The summed E-state index contributed by atoms with van der Waals surface area (Å²) in [6.07, 6.45) is 1.76. The number of aromatic hydroxyl groups is 1. The second kappa shape index (κ2) is 5.13. The van der Waals surface area contributed by atoms with Crippen molar-refractivity contribution in [3.8, 4) is 5.75 Å². The quantitative estimate of drug-likeness (QED) is 0.740. The van der Waals surface area contributed by atoms with Crippen LogP contribution in [0.1, 0.15) is 30.1 Å². The van der Waals surface area contributed by atoms with Gasteiger partial charge in [-0.05, 0) is 43.7 Å². The molecule has 0 aliphatic carbocycles. The molecule has 1 aliphatic rings. The Hall–Kier alpha value is -1.69. The molecule has 1 aliphatic heterocycles. The van der Waals surface area contributed by atoms with Gasteiger partial charge in [-0.15, -0.1) is 11.8 Å². The van der Waals surface area contributed by atoms with Crippen LogP contribution in [0.25, 0.3) is 0 Å². The van der Waals surface area contributed by atoms with E-state index in [4.69, 9.17) is 5.11 Å². The molecule has 1 amide bonds. The number of thioether (sulfide) groups is 1. The number of anilines is 1. The molecule has 1 atom stereocenters. The second-order valence-corrected chi connectivity index (χ2v) is 6.27. The lowest BCUT2D eigenvalue weighted by Crippen LogP contribution is -2.35. The lowest BCUT2D eigenvalue weighted by atomic mass is 10.0. The molecule has 1 aromatic rings. The molecule has 1 heterocycles. The molecular formula is C13H15NO4S. The zero-order valence-electron chi connectivity index (χ0n) is 10.5. The summed E-state index contributed by atoms with van der Waals surface area (Å²) in [5, 5.41) is 21.0. The van der Waals surface area contributed by atoms with Crippen molar-refractivity contribution in [1.29, 1.82) is 0 Å². The van der Waals surface area contributed by atoms with Crippen LogP contribution in [0.4, 0.5) is 5.69 Å². The number of phenols is 1. The van der Waals surface area contributed by atoms with Crippen LogP contribution in [0.3, 0.4) is 0 Å². The minimum Gasteiger partial charge on any atom is -0.508 e. The summed E-state index contributed by atoms with van der Waals surface area (Å²) in [4.78, 5) is 23.3. The molecule has 0 saturated carbocycles. The van der Waals surface area contributed by atoms with Crippen molar-refractivity contribution in [2.24, 2.45) is 0 Å². The zero-order valence-corrected chi connectivity index (χ0v) is 11.3. The maximum Gasteiger partial charge on any atom is 0.337 e. The minimum atomic E-state index is -1.18. The second-order valence-electron chi connectivity index (χ2n) is 4.67. The van der Waals surface area contributed by atoms with Gasteiger partial charge in [-0.3, -0.25) is 4.79 Å². The summed E-state index contributed by atoms with van der Waals surface area (Å²) in [7, 11) is 0. The van der Waals surface area contributed by atoms with Gasteiger partial charge in [-0.1, -0.05) is 0 Å². The van der Waals surface area contributed by atoms with Crippen molar-refractivity contribution in [3.63, 3.8) is 0 Å². The van der Waals surface area contributed by atoms with Crippen molar-refractivity contribution in [1.82, 2.24) is 0 Å². The molecule has 0 aromatic heterocycles. The van der Waals surface area contributed by atoms with E-state index >= 15 is 0 Å². The Labute approximate surface area is 115 Å². The Bertz CT molecular complexity index is 523. The van der Waals surface area contributed by atoms with Gasteiger partial charge in [-0.25, -0.2) is 4.79 Å². The fourth-order valence-electron chi connectivity index (χ4n) is 2.03. The van der Waals surface area contributed by atoms with Crippen molar-refractivity contribution in [3.05, 3.63) is 23.8 Å². The fourth-order valence-corrected chi connectivity index (χ4v) is 3.24. The molecule has 0 radical (unpaired) electrons. The molecule has 3 N–H and O–H groups in total. The Morgan fingerprint density at radius 1 is 1.42 bits per heavy atom. The normalized spacial score (nSPS) is 22.2. The van der Waals surface area contributed by atoms with E-state index in [0.717, 1.165) is 24.7 Å². The van der Waals surface area contributed by atoms with Crippen molar-refractivity contribution >= 4 is 29.3 Å². The van der Waals surface area contributed by atoms with E-state index in [9.17, 15) is 14.7 Å². The van der Waals surface area contributed by atoms with Gasteiger partial charge in [0.1, 0.15) is 5.75 Å². The van der Waals surface area contributed by atoms with Crippen LogP contribution in [0.2, 0.25) is 0 Å². The minimum absolute atomic E-state index is 0.111. The number of nitrogens with one attached hydrogen (secondary N) is 1. The molecule has 1 unspecified atom stereocenters. The zero-order chi connectivity index (χ0) is 14.0. The number of benzene rings is 1. The van der Waals surface area contributed by atoms with E-state index in [1.807, 2.05) is 6.92 Å². The van der Waals surface area contributed by atoms with Crippen LogP contribution in [-0.4, -0.2) is 32.6 Å². The largest absolute Gasteiger partial charge is 0.508 e. The van der Waals surface area contributed by atoms with Crippen LogP contribution < -0.4 is 5.32 Å². The SMILES string of the molecule is CC1(C(=O)Nc2ccc(O)cc2C(=O)O)CCCS1. The predicted molar refractivity (Wildman–Crippen MR) is 73.8 cm³/mol. The molecule has 2 rings (SSSR count). The van der Waals surface area contributed by atoms with Crippen LogP contribution in [0.5, 0.6) is 5.75 Å². The van der Waals surface area contributed by atoms with Crippen LogP contribution in [0, 0.1) is 0 Å². The molecule has 19 heavy (non-hydrogen) atoms. The van der Waals surface area contributed by atoms with Crippen LogP contribution >= 0.6 is 11.8 Å². The smallest absolute Gasteiger partial charge is 0.337 e. The van der Waals surface area contributed by atoms with Gasteiger partial charge in [-0.2, -0.15) is 0 Å². The standard InChI is InChI=1S/C13H15NO4S/c1-13(5-2-6-19-13)12(18)14-10-4-3-8(15)7-9(10)11(16)17/h3-4,7,15H,2,5-6H2,1H3,(H,14,18)(H,16,17). The summed E-state index contributed by atoms with van der Waals surface area (Å²) in [6, 6.07) is 3.88. The highest BCUT2D eigenvalue weighted by Gasteiger charge is 2.37. The number of rotatable bonds is 3. The number of aromatic carboxylic acids is 1. The highest BCUT2D eigenvalue weighted by molar-refractivity contribution is 8.01. The summed E-state index contributed by atoms with van der Waals surface area (Å²) in [5.41, 5.74) is 0.101. The average Bonchev–Trinajstić information content (AvgIpc) is 2.79. The van der Waals surface area contributed by atoms with Crippen LogP contribution in [-0.2, 0) is 4.79 Å². The number of carboxylic acids is 1. The number of amides is 1. The van der Waals surface area contributed by atoms with Gasteiger partial charge in [0.05, 0.1) is 16.0 Å². The summed E-state index contributed by atoms with van der Waals surface area (Å²) in [6.45, 7) is 1.86. The Morgan fingerprint density at radius 3 is 2.74 bits per heavy atom. The molecule has 1 fully saturated rings. The molecular weight excluding hydrogens is 266 g/mol. The monoisotopic (exact) mass is 281 g/mol. The van der Waals surface area contributed by atoms with Crippen molar-refractivity contribution in [2.75, 3.05) is 11.1 Å². The third kappa shape index (κ3) is 2.84. The molecule has 1 saturated heterocycles. The molecule has 1 aromatic carbocycles. The highest BCUT2D eigenvalue weighted by atomic mass is 32.2. The van der Waals surface area contributed by atoms with Crippen molar-refractivity contribution in [2.45, 2.75) is 24.5 Å². The Morgan fingerprint density at radius 2 is 2.16 bits per heavy atom. The Kier molecular flexibility index (Phi) is 3.71. The van der Waals surface area contributed by atoms with Gasteiger partial charge >= 0.3 is 5.97 Å². The van der Waals surface area contributed by atoms with Gasteiger partial charge in [0.25, 0.3) is 0 Å². The topological polar surface area (TPSA) is 86.6 Å². The number of phenolic OH excluding ortho intramolecular Hbond substituents is 1. The lowest BCUT2D eigenvalue weighted by molar-refractivity contribution is -0.118. The van der Waals surface area contributed by atoms with Crippen LogP contribution in [0.15, 0.2) is 18.2 Å². The van der Waals surface area contributed by atoms with Crippen molar-refractivity contribution < 1.29 is 19.8 Å². The van der Waals surface area contributed by atoms with Gasteiger partial charge in [0.15, 0.2) is 0 Å². The van der Waals surface area contributed by atoms with E-state index < -0.39 is 10.7 Å².